The Bertz CT molecular complexity index is 968. The molecule has 2 N–H and O–H groups in total. The summed E-state index contributed by atoms with van der Waals surface area (Å²) < 4.78 is 1.45. The highest BCUT2D eigenvalue weighted by molar-refractivity contribution is 14.1. The van der Waals surface area contributed by atoms with E-state index in [4.69, 9.17) is 0 Å². The van der Waals surface area contributed by atoms with Crippen molar-refractivity contribution in [1.82, 2.24) is 20.1 Å². The van der Waals surface area contributed by atoms with Crippen LogP contribution in [0.5, 0.6) is 5.75 Å². The Hall–Kier alpha value is -1.68. The molecule has 3 aromatic rings. The smallest absolute Gasteiger partial charge is 0.232 e. The van der Waals surface area contributed by atoms with E-state index in [1.54, 1.807) is 12.1 Å². The highest BCUT2D eigenvalue weighted by atomic mass is 127. The minimum absolute atomic E-state index is 0.172. The summed E-state index contributed by atoms with van der Waals surface area (Å²) >= 11 is 5.75. The zero-order valence-electron chi connectivity index (χ0n) is 13.0. The predicted molar refractivity (Wildman–Crippen MR) is 107 cm³/mol. The molecule has 1 aliphatic rings. The van der Waals surface area contributed by atoms with Gasteiger partial charge in [0.2, 0.25) is 5.91 Å². The van der Waals surface area contributed by atoms with Gasteiger partial charge >= 0.3 is 0 Å². The highest BCUT2D eigenvalue weighted by Gasteiger charge is 2.34. The predicted octanol–water partition coefficient (Wildman–Crippen LogP) is 3.45. The topological polar surface area (TPSA) is 82.1 Å². The molecule has 0 atom stereocenters. The molecule has 0 radical (unpaired) electrons. The van der Waals surface area contributed by atoms with Gasteiger partial charge in [-0.15, -0.1) is 10.2 Å². The second kappa shape index (κ2) is 6.56. The number of fused-ring (bicyclic) bond motifs is 1. The molecular weight excluding hydrogens is 499 g/mol. The van der Waals surface area contributed by atoms with Crippen LogP contribution in [-0.2, 0) is 4.79 Å². The van der Waals surface area contributed by atoms with E-state index in [0.29, 0.717) is 34.4 Å². The molecule has 0 bridgehead atoms. The first-order chi connectivity index (χ1) is 12.1. The summed E-state index contributed by atoms with van der Waals surface area (Å²) in [5.74, 6) is 0.616. The molecule has 2 aromatic heterocycles. The second-order valence-electron chi connectivity index (χ2n) is 5.99. The summed E-state index contributed by atoms with van der Waals surface area (Å²) in [6, 6.07) is 8.98. The number of benzene rings is 1. The number of carbonyl (C=O) groups excluding carboxylic acids is 1. The van der Waals surface area contributed by atoms with Gasteiger partial charge in [0.05, 0.1) is 10.1 Å². The molecule has 1 fully saturated rings. The third kappa shape index (κ3) is 2.91. The van der Waals surface area contributed by atoms with Crippen molar-refractivity contribution >= 4 is 55.5 Å². The van der Waals surface area contributed by atoms with Crippen molar-refractivity contribution in [2.75, 3.05) is 17.5 Å². The lowest BCUT2D eigenvalue weighted by molar-refractivity contribution is -0.132. The molecule has 25 heavy (non-hydrogen) atoms. The number of halogens is 2. The summed E-state index contributed by atoms with van der Waals surface area (Å²) in [5.41, 5.74) is 3.00. The SMILES string of the molecule is O=C(CI)N1CC(c2[nH]c3nnc(-c4ccccc4O)cc3c2Br)C1. The number of alkyl halides is 1. The molecular formula is C17H14BrIN4O2. The summed E-state index contributed by atoms with van der Waals surface area (Å²) in [5, 5.41) is 19.4. The van der Waals surface area contributed by atoms with Gasteiger partial charge in [0, 0.05) is 40.1 Å². The minimum Gasteiger partial charge on any atom is -0.507 e. The molecule has 1 amide bonds. The third-order valence-corrected chi connectivity index (χ3v) is 5.96. The monoisotopic (exact) mass is 512 g/mol. The number of phenolic OH excluding ortho intramolecular Hbond substituents is 1. The number of carbonyl (C=O) groups is 1. The van der Waals surface area contributed by atoms with E-state index in [9.17, 15) is 9.90 Å². The van der Waals surface area contributed by atoms with E-state index in [1.807, 2.05) is 23.1 Å². The number of aromatic hydroxyl groups is 1. The van der Waals surface area contributed by atoms with E-state index < -0.39 is 0 Å². The Morgan fingerprint density at radius 3 is 2.84 bits per heavy atom. The number of para-hydroxylation sites is 1. The Labute approximate surface area is 165 Å². The molecule has 8 heteroatoms. The molecule has 0 aliphatic carbocycles. The lowest BCUT2D eigenvalue weighted by atomic mass is 9.96. The average molecular weight is 513 g/mol. The normalized spacial score (nSPS) is 14.7. The first-order valence-electron chi connectivity index (χ1n) is 7.75. The molecule has 1 saturated heterocycles. The van der Waals surface area contributed by atoms with Crippen molar-refractivity contribution < 1.29 is 9.90 Å². The number of hydrogen-bond acceptors (Lipinski definition) is 4. The van der Waals surface area contributed by atoms with Gasteiger partial charge in [-0.2, -0.15) is 0 Å². The fourth-order valence-electron chi connectivity index (χ4n) is 3.03. The van der Waals surface area contributed by atoms with Gasteiger partial charge in [0.1, 0.15) is 5.75 Å². The minimum atomic E-state index is 0.172. The number of aromatic amines is 1. The maximum absolute atomic E-state index is 11.7. The maximum Gasteiger partial charge on any atom is 0.232 e. The number of aromatic nitrogens is 3. The summed E-state index contributed by atoms with van der Waals surface area (Å²) in [6.07, 6.45) is 0. The fourth-order valence-corrected chi connectivity index (χ4v) is 4.24. The van der Waals surface area contributed by atoms with Crippen LogP contribution in [0.1, 0.15) is 11.6 Å². The number of rotatable bonds is 3. The number of nitrogens with zero attached hydrogens (tertiary/aromatic N) is 3. The van der Waals surface area contributed by atoms with Crippen molar-refractivity contribution in [1.29, 1.82) is 0 Å². The molecule has 0 spiro atoms. The first-order valence-corrected chi connectivity index (χ1v) is 10.1. The van der Waals surface area contributed by atoms with Gasteiger partial charge in [-0.25, -0.2) is 0 Å². The molecule has 1 aliphatic heterocycles. The van der Waals surface area contributed by atoms with Gasteiger partial charge < -0.3 is 15.0 Å². The Balaban J connectivity index is 1.67. The summed E-state index contributed by atoms with van der Waals surface area (Å²) in [4.78, 5) is 16.9. The van der Waals surface area contributed by atoms with Crippen molar-refractivity contribution in [3.05, 3.63) is 40.5 Å². The maximum atomic E-state index is 11.7. The van der Waals surface area contributed by atoms with Crippen molar-refractivity contribution in [3.63, 3.8) is 0 Å². The van der Waals surface area contributed by atoms with Gasteiger partial charge in [0.25, 0.3) is 0 Å². The van der Waals surface area contributed by atoms with E-state index in [2.05, 4.69) is 53.7 Å². The summed E-state index contributed by atoms with van der Waals surface area (Å²) in [6.45, 7) is 1.43. The molecule has 0 saturated carbocycles. The number of amides is 1. The van der Waals surface area contributed by atoms with Crippen LogP contribution < -0.4 is 0 Å². The van der Waals surface area contributed by atoms with Gasteiger partial charge in [-0.3, -0.25) is 4.79 Å². The zero-order valence-corrected chi connectivity index (χ0v) is 16.8. The van der Waals surface area contributed by atoms with Gasteiger partial charge in [0.15, 0.2) is 5.65 Å². The van der Waals surface area contributed by atoms with Gasteiger partial charge in [-0.1, -0.05) is 34.7 Å². The number of phenols is 1. The Morgan fingerprint density at radius 1 is 1.36 bits per heavy atom. The van der Waals surface area contributed by atoms with Crippen LogP contribution in [0.2, 0.25) is 0 Å². The number of hydrogen-bond donors (Lipinski definition) is 2. The van der Waals surface area contributed by atoms with Crippen LogP contribution in [0.4, 0.5) is 0 Å². The van der Waals surface area contributed by atoms with Crippen LogP contribution >= 0.6 is 38.5 Å². The lowest BCUT2D eigenvalue weighted by Gasteiger charge is -2.38. The third-order valence-electron chi connectivity index (χ3n) is 4.46. The largest absolute Gasteiger partial charge is 0.507 e. The number of nitrogens with one attached hydrogen (secondary N) is 1. The molecule has 4 rings (SSSR count). The van der Waals surface area contributed by atoms with E-state index >= 15 is 0 Å². The van der Waals surface area contributed by atoms with Crippen molar-refractivity contribution in [3.8, 4) is 17.0 Å². The van der Waals surface area contributed by atoms with E-state index in [1.165, 1.54) is 0 Å². The number of likely N-dealkylation sites (tertiary alicyclic amines) is 1. The molecule has 128 valence electrons. The lowest BCUT2D eigenvalue weighted by Crippen LogP contribution is -2.49. The van der Waals surface area contributed by atoms with Gasteiger partial charge in [-0.05, 0) is 34.1 Å². The molecule has 1 aromatic carbocycles. The first kappa shape index (κ1) is 16.8. The van der Waals surface area contributed by atoms with Crippen molar-refractivity contribution in [2.45, 2.75) is 5.92 Å². The van der Waals surface area contributed by atoms with E-state index in [-0.39, 0.29) is 17.6 Å². The van der Waals surface area contributed by atoms with Crippen LogP contribution in [0.15, 0.2) is 34.8 Å². The Kier molecular flexibility index (Phi) is 4.40. The Morgan fingerprint density at radius 2 is 2.12 bits per heavy atom. The van der Waals surface area contributed by atoms with Crippen LogP contribution in [0.3, 0.4) is 0 Å². The second-order valence-corrected chi connectivity index (χ2v) is 7.55. The summed E-state index contributed by atoms with van der Waals surface area (Å²) in [7, 11) is 0. The quantitative estimate of drug-likeness (QED) is 0.416. The van der Waals surface area contributed by atoms with Crippen LogP contribution in [0, 0.1) is 0 Å². The molecule has 3 heterocycles. The highest BCUT2D eigenvalue weighted by Crippen LogP contribution is 2.37. The van der Waals surface area contributed by atoms with Crippen LogP contribution in [-0.4, -0.2) is 48.6 Å². The zero-order chi connectivity index (χ0) is 17.6. The van der Waals surface area contributed by atoms with E-state index in [0.717, 1.165) is 15.6 Å². The molecule has 6 nitrogen and oxygen atoms in total. The molecule has 0 unspecified atom stereocenters. The fraction of sp³-hybridized carbons (Fsp3) is 0.235. The van der Waals surface area contributed by atoms with Crippen LogP contribution in [0.25, 0.3) is 22.3 Å². The van der Waals surface area contributed by atoms with Crippen molar-refractivity contribution in [2.24, 2.45) is 0 Å². The average Bonchev–Trinajstić information content (AvgIpc) is 2.90. The standard InChI is InChI=1S/C17H14BrIN4O2/c18-15-11-5-12(10-3-1-2-4-13(10)24)21-22-17(11)20-16(15)9-7-23(8-9)14(25)6-19/h1-5,9,24H,6-8H2,(H,20,22). The number of H-pyrrole nitrogens is 1.